The predicted octanol–water partition coefficient (Wildman–Crippen LogP) is 2.93. The summed E-state index contributed by atoms with van der Waals surface area (Å²) in [7, 11) is 0. The summed E-state index contributed by atoms with van der Waals surface area (Å²) in [5.74, 6) is 0.230. The Morgan fingerprint density at radius 3 is 2.79 bits per heavy atom. The zero-order valence-corrected chi connectivity index (χ0v) is 18.1. The highest BCUT2D eigenvalue weighted by atomic mass is 32.1. The lowest BCUT2D eigenvalue weighted by molar-refractivity contribution is -0.125. The summed E-state index contributed by atoms with van der Waals surface area (Å²) in [5, 5.41) is 13.6. The van der Waals surface area contributed by atoms with Crippen LogP contribution in [0, 0.1) is 5.92 Å². The fourth-order valence-corrected chi connectivity index (χ4v) is 5.24. The van der Waals surface area contributed by atoms with Crippen molar-refractivity contribution >= 4 is 22.4 Å². The zero-order valence-electron chi connectivity index (χ0n) is 17.3. The molecule has 2 saturated heterocycles. The Morgan fingerprint density at radius 2 is 1.97 bits per heavy atom. The van der Waals surface area contributed by atoms with Crippen LogP contribution in [0.3, 0.4) is 0 Å². The minimum atomic E-state index is 0.0385. The van der Waals surface area contributed by atoms with Gasteiger partial charge in [-0.25, -0.2) is 0 Å². The number of hydrogen-bond acceptors (Lipinski definition) is 6. The number of anilines is 1. The molecule has 0 spiro atoms. The van der Waals surface area contributed by atoms with Gasteiger partial charge in [-0.3, -0.25) is 9.36 Å². The van der Waals surface area contributed by atoms with Gasteiger partial charge in [0.2, 0.25) is 16.2 Å². The Hall–Kier alpha value is -1.93. The lowest BCUT2D eigenvalue weighted by Gasteiger charge is -2.33. The quantitative estimate of drug-likeness (QED) is 0.703. The number of hydrogen-bond donors (Lipinski definition) is 1. The van der Waals surface area contributed by atoms with Crippen molar-refractivity contribution in [2.75, 3.05) is 37.6 Å². The first-order valence-electron chi connectivity index (χ1n) is 10.9. The predicted molar refractivity (Wildman–Crippen MR) is 117 cm³/mol. The lowest BCUT2D eigenvalue weighted by Crippen LogP contribution is -2.44. The van der Waals surface area contributed by atoms with Crippen LogP contribution in [0.5, 0.6) is 0 Å². The molecular formula is C21H32N6OS. The number of piperidine rings is 2. The van der Waals surface area contributed by atoms with Crippen molar-refractivity contribution in [1.82, 2.24) is 25.0 Å². The summed E-state index contributed by atoms with van der Waals surface area (Å²) in [6.45, 7) is 7.07. The van der Waals surface area contributed by atoms with Crippen LogP contribution in [0.1, 0.15) is 45.4 Å². The van der Waals surface area contributed by atoms with Crippen LogP contribution in [0.15, 0.2) is 24.5 Å². The molecule has 2 atom stereocenters. The van der Waals surface area contributed by atoms with Gasteiger partial charge in [0.05, 0.1) is 5.92 Å². The van der Waals surface area contributed by atoms with E-state index in [-0.39, 0.29) is 11.8 Å². The Bertz CT molecular complexity index is 776. The van der Waals surface area contributed by atoms with E-state index < -0.39 is 0 Å². The molecule has 2 aromatic rings. The van der Waals surface area contributed by atoms with Gasteiger partial charge in [-0.15, -0.1) is 10.2 Å². The third kappa shape index (κ3) is 5.17. The second kappa shape index (κ2) is 9.71. The van der Waals surface area contributed by atoms with Crippen LogP contribution in [0.2, 0.25) is 0 Å². The van der Waals surface area contributed by atoms with Crippen molar-refractivity contribution in [1.29, 1.82) is 0 Å². The molecule has 0 radical (unpaired) electrons. The Morgan fingerprint density at radius 1 is 1.14 bits per heavy atom. The second-order valence-electron chi connectivity index (χ2n) is 8.27. The minimum absolute atomic E-state index is 0.0385. The fourth-order valence-electron chi connectivity index (χ4n) is 4.39. The Balaban J connectivity index is 1.23. The molecule has 1 amide bonds. The van der Waals surface area contributed by atoms with Crippen molar-refractivity contribution in [2.45, 2.75) is 51.5 Å². The molecule has 7 nitrogen and oxygen atoms in total. The molecule has 0 aromatic carbocycles. The number of nitrogens with one attached hydrogen (secondary N) is 1. The standard InChI is InChI=1S/C21H32N6OS/c1-17-8-2-3-11-25(17)15-7-10-22-19(28)18-9-6-14-27(16-18)21-24-23-20(29-21)26-12-4-5-13-26/h4-5,12-13,17-18H,2-3,6-11,14-16H2,1H3,(H,22,28). The van der Waals surface area contributed by atoms with Gasteiger partial charge in [-0.1, -0.05) is 17.8 Å². The summed E-state index contributed by atoms with van der Waals surface area (Å²) >= 11 is 1.58. The number of nitrogens with zero attached hydrogens (tertiary/aromatic N) is 5. The first-order chi connectivity index (χ1) is 14.2. The monoisotopic (exact) mass is 416 g/mol. The molecule has 0 bridgehead atoms. The van der Waals surface area contributed by atoms with E-state index >= 15 is 0 Å². The minimum Gasteiger partial charge on any atom is -0.356 e. The summed E-state index contributed by atoms with van der Waals surface area (Å²) in [4.78, 5) is 17.5. The Kier molecular flexibility index (Phi) is 6.82. The van der Waals surface area contributed by atoms with E-state index in [2.05, 4.69) is 32.2 Å². The maximum atomic E-state index is 12.7. The molecule has 2 aliphatic heterocycles. The third-order valence-corrected chi connectivity index (χ3v) is 7.15. The van der Waals surface area contributed by atoms with Crippen molar-refractivity contribution < 1.29 is 4.79 Å². The van der Waals surface area contributed by atoms with Crippen molar-refractivity contribution in [3.63, 3.8) is 0 Å². The highest BCUT2D eigenvalue weighted by Crippen LogP contribution is 2.28. The van der Waals surface area contributed by atoms with E-state index in [0.717, 1.165) is 55.7 Å². The zero-order chi connectivity index (χ0) is 20.1. The van der Waals surface area contributed by atoms with Gasteiger partial charge in [-0.2, -0.15) is 0 Å². The molecule has 4 heterocycles. The molecule has 158 valence electrons. The van der Waals surface area contributed by atoms with Gasteiger partial charge >= 0.3 is 0 Å². The van der Waals surface area contributed by atoms with E-state index in [9.17, 15) is 4.79 Å². The largest absolute Gasteiger partial charge is 0.356 e. The normalized spacial score (nSPS) is 23.3. The van der Waals surface area contributed by atoms with Crippen LogP contribution >= 0.6 is 11.3 Å². The number of aromatic nitrogens is 3. The van der Waals surface area contributed by atoms with E-state index in [0.29, 0.717) is 6.04 Å². The summed E-state index contributed by atoms with van der Waals surface area (Å²) < 4.78 is 1.97. The molecule has 4 rings (SSSR count). The maximum Gasteiger partial charge on any atom is 0.224 e. The number of likely N-dealkylation sites (tertiary alicyclic amines) is 1. The molecule has 8 heteroatoms. The van der Waals surface area contributed by atoms with E-state index in [1.807, 2.05) is 29.1 Å². The van der Waals surface area contributed by atoms with E-state index in [4.69, 9.17) is 0 Å². The number of amides is 1. The van der Waals surface area contributed by atoms with E-state index in [1.54, 1.807) is 11.3 Å². The molecule has 2 unspecified atom stereocenters. The average molecular weight is 417 g/mol. The SMILES string of the molecule is CC1CCCCN1CCCNC(=O)C1CCCN(c2nnc(-n3cccc3)s2)C1. The van der Waals surface area contributed by atoms with Crippen molar-refractivity contribution in [2.24, 2.45) is 5.92 Å². The molecule has 2 aliphatic rings. The summed E-state index contributed by atoms with van der Waals surface area (Å²) in [6, 6.07) is 4.65. The molecule has 2 fully saturated rings. The van der Waals surface area contributed by atoms with Crippen molar-refractivity contribution in [3.05, 3.63) is 24.5 Å². The van der Waals surface area contributed by atoms with E-state index in [1.165, 1.54) is 25.8 Å². The van der Waals surface area contributed by atoms with Gasteiger partial charge in [0.15, 0.2) is 0 Å². The Labute approximate surface area is 177 Å². The first-order valence-corrected chi connectivity index (χ1v) is 11.8. The molecule has 29 heavy (non-hydrogen) atoms. The third-order valence-electron chi connectivity index (χ3n) is 6.15. The summed E-state index contributed by atoms with van der Waals surface area (Å²) in [5.41, 5.74) is 0. The van der Waals surface area contributed by atoms with Crippen molar-refractivity contribution in [3.8, 4) is 5.13 Å². The van der Waals surface area contributed by atoms with Crippen LogP contribution in [0.4, 0.5) is 5.13 Å². The van der Waals surface area contributed by atoms with Gasteiger partial charge in [0, 0.05) is 44.6 Å². The van der Waals surface area contributed by atoms with Gasteiger partial charge < -0.3 is 15.1 Å². The van der Waals surface area contributed by atoms with Gasteiger partial charge in [0.25, 0.3) is 0 Å². The lowest BCUT2D eigenvalue weighted by atomic mass is 9.97. The van der Waals surface area contributed by atoms with Crippen LogP contribution in [-0.2, 0) is 4.79 Å². The van der Waals surface area contributed by atoms with Gasteiger partial charge in [-0.05, 0) is 57.7 Å². The highest BCUT2D eigenvalue weighted by Gasteiger charge is 2.27. The fraction of sp³-hybridized carbons (Fsp3) is 0.667. The molecular weight excluding hydrogens is 384 g/mol. The number of carbonyl (C=O) groups excluding carboxylic acids is 1. The highest BCUT2D eigenvalue weighted by molar-refractivity contribution is 7.17. The molecule has 2 aromatic heterocycles. The smallest absolute Gasteiger partial charge is 0.224 e. The molecule has 1 N–H and O–H groups in total. The average Bonchev–Trinajstić information content (AvgIpc) is 3.44. The molecule has 0 aliphatic carbocycles. The number of rotatable bonds is 7. The van der Waals surface area contributed by atoms with Crippen LogP contribution < -0.4 is 10.2 Å². The van der Waals surface area contributed by atoms with Crippen LogP contribution in [0.25, 0.3) is 5.13 Å². The first kappa shape index (κ1) is 20.3. The maximum absolute atomic E-state index is 12.7. The molecule has 0 saturated carbocycles. The van der Waals surface area contributed by atoms with Gasteiger partial charge in [0.1, 0.15) is 0 Å². The summed E-state index contributed by atoms with van der Waals surface area (Å²) in [6.07, 6.45) is 10.9. The topological polar surface area (TPSA) is 66.3 Å². The number of carbonyl (C=O) groups is 1. The van der Waals surface area contributed by atoms with Crippen LogP contribution in [-0.4, -0.2) is 64.3 Å². The second-order valence-corrected chi connectivity index (χ2v) is 9.20.